The van der Waals surface area contributed by atoms with Gasteiger partial charge in [0.05, 0.1) is 18.4 Å². The first-order valence-electron chi connectivity index (χ1n) is 11.2. The molecule has 0 bridgehead atoms. The van der Waals surface area contributed by atoms with Gasteiger partial charge in [-0.1, -0.05) is 26.0 Å². The molecule has 3 heterocycles. The highest BCUT2D eigenvalue weighted by atomic mass is 16.5. The minimum absolute atomic E-state index is 0.0320. The Hall–Kier alpha value is -3.52. The van der Waals surface area contributed by atoms with Crippen LogP contribution in [0, 0.1) is 5.92 Å². The Kier molecular flexibility index (Phi) is 7.14. The first-order valence-corrected chi connectivity index (χ1v) is 11.2. The highest BCUT2D eigenvalue weighted by Crippen LogP contribution is 2.17. The van der Waals surface area contributed by atoms with Crippen molar-refractivity contribution >= 4 is 11.8 Å². The van der Waals surface area contributed by atoms with Gasteiger partial charge in [0.15, 0.2) is 0 Å². The molecule has 1 aliphatic rings. The van der Waals surface area contributed by atoms with E-state index in [0.29, 0.717) is 37.7 Å². The molecule has 1 saturated heterocycles. The summed E-state index contributed by atoms with van der Waals surface area (Å²) in [5, 5.41) is 4.24. The fourth-order valence-electron chi connectivity index (χ4n) is 3.94. The molecule has 8 heteroatoms. The maximum Gasteiger partial charge on any atom is 0.254 e. The Morgan fingerprint density at radius 2 is 2.03 bits per heavy atom. The van der Waals surface area contributed by atoms with Crippen molar-refractivity contribution in [2.45, 2.75) is 26.6 Å². The van der Waals surface area contributed by atoms with E-state index in [1.807, 2.05) is 41.4 Å². The molecular formula is C25H29N5O3. The lowest BCUT2D eigenvalue weighted by Crippen LogP contribution is -2.40. The van der Waals surface area contributed by atoms with Crippen LogP contribution in [-0.4, -0.2) is 68.7 Å². The Morgan fingerprint density at radius 1 is 1.15 bits per heavy atom. The van der Waals surface area contributed by atoms with Crippen LogP contribution in [0.1, 0.15) is 29.8 Å². The van der Waals surface area contributed by atoms with Crippen molar-refractivity contribution in [3.63, 3.8) is 0 Å². The lowest BCUT2D eigenvalue weighted by atomic mass is 10.1. The minimum Gasteiger partial charge on any atom is -0.370 e. The third-order valence-corrected chi connectivity index (χ3v) is 5.47. The van der Waals surface area contributed by atoms with Crippen molar-refractivity contribution in [3.8, 4) is 5.69 Å². The van der Waals surface area contributed by atoms with Crippen LogP contribution >= 0.6 is 0 Å². The fraction of sp³-hybridized carbons (Fsp3) is 0.360. The molecule has 1 aromatic carbocycles. The smallest absolute Gasteiger partial charge is 0.254 e. The number of hydrogen-bond donors (Lipinski definition) is 0. The number of aromatic nitrogens is 3. The SMILES string of the molecule is CC(C)CN1CC(OCc2cccnc2)CN(C(=O)c2cccc(-n3cccn3)c2)CC1=O. The van der Waals surface area contributed by atoms with E-state index in [0.717, 1.165) is 11.3 Å². The number of pyridine rings is 1. The topological polar surface area (TPSA) is 80.6 Å². The number of hydrogen-bond acceptors (Lipinski definition) is 5. The Balaban J connectivity index is 1.54. The number of benzene rings is 1. The van der Waals surface area contributed by atoms with Gasteiger partial charge in [0.1, 0.15) is 6.54 Å². The predicted octanol–water partition coefficient (Wildman–Crippen LogP) is 2.79. The number of amides is 2. The molecule has 0 spiro atoms. The first kappa shape index (κ1) is 22.7. The predicted molar refractivity (Wildman–Crippen MR) is 124 cm³/mol. The van der Waals surface area contributed by atoms with Gasteiger partial charge in [-0.05, 0) is 41.8 Å². The Labute approximate surface area is 193 Å². The van der Waals surface area contributed by atoms with Crippen molar-refractivity contribution in [2.75, 3.05) is 26.2 Å². The van der Waals surface area contributed by atoms with E-state index >= 15 is 0 Å². The molecule has 172 valence electrons. The molecule has 0 aliphatic carbocycles. The molecule has 4 rings (SSSR count). The third-order valence-electron chi connectivity index (χ3n) is 5.47. The molecular weight excluding hydrogens is 418 g/mol. The van der Waals surface area contributed by atoms with Gasteiger partial charge in [0.25, 0.3) is 5.91 Å². The zero-order chi connectivity index (χ0) is 23.2. The van der Waals surface area contributed by atoms with E-state index in [1.54, 1.807) is 40.3 Å². The maximum absolute atomic E-state index is 13.4. The molecule has 2 aromatic heterocycles. The molecule has 0 N–H and O–H groups in total. The Bertz CT molecular complexity index is 1070. The summed E-state index contributed by atoms with van der Waals surface area (Å²) in [6, 6.07) is 12.9. The molecule has 0 saturated carbocycles. The van der Waals surface area contributed by atoms with Crippen LogP contribution in [0.4, 0.5) is 0 Å². The number of nitrogens with zero attached hydrogens (tertiary/aromatic N) is 5. The van der Waals surface area contributed by atoms with Crippen LogP contribution < -0.4 is 0 Å². The zero-order valence-corrected chi connectivity index (χ0v) is 19.0. The fourth-order valence-corrected chi connectivity index (χ4v) is 3.94. The van der Waals surface area contributed by atoms with Crippen molar-refractivity contribution in [2.24, 2.45) is 5.92 Å². The zero-order valence-electron chi connectivity index (χ0n) is 19.0. The van der Waals surface area contributed by atoms with Gasteiger partial charge < -0.3 is 14.5 Å². The quantitative estimate of drug-likeness (QED) is 0.556. The maximum atomic E-state index is 13.4. The van der Waals surface area contributed by atoms with Crippen LogP contribution in [0.3, 0.4) is 0 Å². The van der Waals surface area contributed by atoms with Gasteiger partial charge in [0.2, 0.25) is 5.91 Å². The molecule has 1 aliphatic heterocycles. The lowest BCUT2D eigenvalue weighted by molar-refractivity contribution is -0.132. The van der Waals surface area contributed by atoms with Gasteiger partial charge in [0, 0.05) is 50.0 Å². The van der Waals surface area contributed by atoms with E-state index in [2.05, 4.69) is 23.9 Å². The van der Waals surface area contributed by atoms with Crippen molar-refractivity contribution in [3.05, 3.63) is 78.4 Å². The summed E-state index contributed by atoms with van der Waals surface area (Å²) in [4.78, 5) is 34.0. The second-order valence-corrected chi connectivity index (χ2v) is 8.67. The molecule has 0 radical (unpaired) electrons. The van der Waals surface area contributed by atoms with Crippen LogP contribution in [-0.2, 0) is 16.1 Å². The summed E-state index contributed by atoms with van der Waals surface area (Å²) in [7, 11) is 0. The highest BCUT2D eigenvalue weighted by Gasteiger charge is 2.31. The van der Waals surface area contributed by atoms with E-state index in [1.165, 1.54) is 0 Å². The van der Waals surface area contributed by atoms with Gasteiger partial charge in [-0.15, -0.1) is 0 Å². The first-order chi connectivity index (χ1) is 16.0. The van der Waals surface area contributed by atoms with Crippen LogP contribution in [0.15, 0.2) is 67.3 Å². The molecule has 33 heavy (non-hydrogen) atoms. The third kappa shape index (κ3) is 5.84. The summed E-state index contributed by atoms with van der Waals surface area (Å²) in [6.45, 7) is 5.98. The van der Waals surface area contributed by atoms with Gasteiger partial charge >= 0.3 is 0 Å². The van der Waals surface area contributed by atoms with Gasteiger partial charge in [-0.3, -0.25) is 14.6 Å². The van der Waals surface area contributed by atoms with E-state index in [9.17, 15) is 9.59 Å². The summed E-state index contributed by atoms with van der Waals surface area (Å²) < 4.78 is 7.87. The number of carbonyl (C=O) groups is 2. The molecule has 1 atom stereocenters. The summed E-state index contributed by atoms with van der Waals surface area (Å²) in [6.07, 6.45) is 6.70. The van der Waals surface area contributed by atoms with Crippen molar-refractivity contribution < 1.29 is 14.3 Å². The summed E-state index contributed by atoms with van der Waals surface area (Å²) in [5.74, 6) is 0.0624. The average Bonchev–Trinajstić information content (AvgIpc) is 3.31. The standard InChI is InChI=1S/C25H29N5O3/c1-19(2)14-28-15-23(33-18-20-6-4-9-26-13-20)16-29(17-24(28)31)25(32)21-7-3-8-22(12-21)30-11-5-10-27-30/h3-13,19,23H,14-18H2,1-2H3. The van der Waals surface area contributed by atoms with E-state index in [-0.39, 0.29) is 24.5 Å². The number of rotatable bonds is 7. The van der Waals surface area contributed by atoms with Crippen LogP contribution in [0.5, 0.6) is 0 Å². The molecule has 2 amide bonds. The number of carbonyl (C=O) groups excluding carboxylic acids is 2. The molecule has 8 nitrogen and oxygen atoms in total. The second-order valence-electron chi connectivity index (χ2n) is 8.67. The van der Waals surface area contributed by atoms with Crippen molar-refractivity contribution in [1.82, 2.24) is 24.6 Å². The normalized spacial score (nSPS) is 16.8. The summed E-state index contributed by atoms with van der Waals surface area (Å²) >= 11 is 0. The minimum atomic E-state index is -0.298. The molecule has 1 fully saturated rings. The average molecular weight is 448 g/mol. The Morgan fingerprint density at radius 3 is 2.76 bits per heavy atom. The molecule has 3 aromatic rings. The summed E-state index contributed by atoms with van der Waals surface area (Å²) in [5.41, 5.74) is 2.25. The monoisotopic (exact) mass is 447 g/mol. The highest BCUT2D eigenvalue weighted by molar-refractivity contribution is 5.97. The largest absolute Gasteiger partial charge is 0.370 e. The second kappa shape index (κ2) is 10.4. The van der Waals surface area contributed by atoms with Crippen LogP contribution in [0.2, 0.25) is 0 Å². The van der Waals surface area contributed by atoms with Gasteiger partial charge in [-0.2, -0.15) is 5.10 Å². The number of ether oxygens (including phenoxy) is 1. The van der Waals surface area contributed by atoms with E-state index < -0.39 is 0 Å². The lowest BCUT2D eigenvalue weighted by Gasteiger charge is -2.26. The van der Waals surface area contributed by atoms with Crippen molar-refractivity contribution in [1.29, 1.82) is 0 Å². The van der Waals surface area contributed by atoms with Crippen LogP contribution in [0.25, 0.3) is 5.69 Å². The van der Waals surface area contributed by atoms with Gasteiger partial charge in [-0.25, -0.2) is 4.68 Å². The van der Waals surface area contributed by atoms with E-state index in [4.69, 9.17) is 4.74 Å². The molecule has 1 unspecified atom stereocenters.